The Morgan fingerprint density at radius 2 is 1.58 bits per heavy atom. The highest BCUT2D eigenvalue weighted by Gasteiger charge is 2.20. The smallest absolute Gasteiger partial charge is 0.231 e. The molecule has 4 rings (SSSR count). The first-order valence-electron chi connectivity index (χ1n) is 8.14. The van der Waals surface area contributed by atoms with Gasteiger partial charge in [0.2, 0.25) is 5.89 Å². The number of fused-ring (bicyclic) bond motifs is 1. The molecule has 0 N–H and O–H groups in total. The normalized spacial score (nSPS) is 11.7. The van der Waals surface area contributed by atoms with E-state index in [2.05, 4.69) is 20.9 Å². The summed E-state index contributed by atoms with van der Waals surface area (Å²) >= 11 is 3.43. The molecule has 3 nitrogen and oxygen atoms in total. The van der Waals surface area contributed by atoms with E-state index in [4.69, 9.17) is 4.42 Å². The molecule has 0 saturated heterocycles. The van der Waals surface area contributed by atoms with Crippen molar-refractivity contribution < 1.29 is 9.21 Å². The van der Waals surface area contributed by atoms with E-state index >= 15 is 0 Å². The molecular weight excluding hydrogens is 390 g/mol. The Kier molecular flexibility index (Phi) is 4.50. The Morgan fingerprint density at radius 1 is 0.885 bits per heavy atom. The fourth-order valence-corrected chi connectivity index (χ4v) is 2.95. The van der Waals surface area contributed by atoms with Crippen LogP contribution < -0.4 is 0 Å². The molecule has 0 aliphatic heterocycles. The van der Waals surface area contributed by atoms with Gasteiger partial charge in [0.25, 0.3) is 0 Å². The van der Waals surface area contributed by atoms with Crippen molar-refractivity contribution in [2.24, 2.45) is 0 Å². The minimum Gasteiger partial charge on any atom is -0.436 e. The van der Waals surface area contributed by atoms with Crippen molar-refractivity contribution in [2.45, 2.75) is 0 Å². The number of hydrogen-bond acceptors (Lipinski definition) is 3. The van der Waals surface area contributed by atoms with Gasteiger partial charge in [-0.15, -0.1) is 0 Å². The molecule has 126 valence electrons. The number of aromatic nitrogens is 1. The second-order valence-corrected chi connectivity index (χ2v) is 6.71. The fraction of sp³-hybridized carbons (Fsp3) is 0. The number of halogens is 1. The van der Waals surface area contributed by atoms with Crippen LogP contribution >= 0.6 is 15.9 Å². The molecule has 0 saturated carbocycles. The third-order valence-electron chi connectivity index (χ3n) is 3.99. The average Bonchev–Trinajstić information content (AvgIpc) is 3.11. The van der Waals surface area contributed by atoms with Crippen LogP contribution in [0, 0.1) is 0 Å². The molecule has 0 bridgehead atoms. The van der Waals surface area contributed by atoms with Crippen LogP contribution in [0.25, 0.3) is 22.7 Å². The molecule has 26 heavy (non-hydrogen) atoms. The second kappa shape index (κ2) is 7.10. The van der Waals surface area contributed by atoms with Crippen LogP contribution in [0.2, 0.25) is 0 Å². The van der Waals surface area contributed by atoms with E-state index in [1.165, 1.54) is 0 Å². The van der Waals surface area contributed by atoms with E-state index in [9.17, 15) is 4.79 Å². The molecule has 0 amide bonds. The standard InChI is InChI=1S/C22H14BrNO2/c23-17-12-10-15(11-13-17)14-18(21(25)16-6-2-1-3-7-16)22-24-19-8-4-5-9-20(19)26-22/h1-14H/b18-14-. The Labute approximate surface area is 159 Å². The van der Waals surface area contributed by atoms with Crippen LogP contribution in [0.3, 0.4) is 0 Å². The van der Waals surface area contributed by atoms with Crippen molar-refractivity contribution in [3.8, 4) is 0 Å². The molecule has 4 heteroatoms. The molecule has 0 aliphatic rings. The molecule has 0 atom stereocenters. The van der Waals surface area contributed by atoms with E-state index in [1.807, 2.05) is 72.8 Å². The van der Waals surface area contributed by atoms with Crippen LogP contribution in [0.1, 0.15) is 21.8 Å². The van der Waals surface area contributed by atoms with Crippen LogP contribution in [0.5, 0.6) is 0 Å². The quantitative estimate of drug-likeness (QED) is 0.309. The van der Waals surface area contributed by atoms with Gasteiger partial charge in [0.15, 0.2) is 11.4 Å². The maximum atomic E-state index is 13.1. The lowest BCUT2D eigenvalue weighted by Crippen LogP contribution is -2.03. The lowest BCUT2D eigenvalue weighted by Gasteiger charge is -2.04. The van der Waals surface area contributed by atoms with Gasteiger partial charge >= 0.3 is 0 Å². The second-order valence-electron chi connectivity index (χ2n) is 5.79. The van der Waals surface area contributed by atoms with E-state index in [-0.39, 0.29) is 5.78 Å². The van der Waals surface area contributed by atoms with Crippen LogP contribution in [-0.2, 0) is 0 Å². The summed E-state index contributed by atoms with van der Waals surface area (Å²) in [6.07, 6.45) is 1.81. The lowest BCUT2D eigenvalue weighted by atomic mass is 10.0. The Bertz CT molecular complexity index is 1060. The summed E-state index contributed by atoms with van der Waals surface area (Å²) < 4.78 is 6.84. The van der Waals surface area contributed by atoms with Crippen molar-refractivity contribution in [3.63, 3.8) is 0 Å². The van der Waals surface area contributed by atoms with Crippen molar-refractivity contribution in [1.29, 1.82) is 0 Å². The minimum absolute atomic E-state index is 0.125. The molecule has 0 unspecified atom stereocenters. The van der Waals surface area contributed by atoms with Gasteiger partial charge in [0, 0.05) is 10.0 Å². The van der Waals surface area contributed by atoms with E-state index in [0.29, 0.717) is 22.6 Å². The highest BCUT2D eigenvalue weighted by molar-refractivity contribution is 9.10. The first kappa shape index (κ1) is 16.5. The predicted octanol–water partition coefficient (Wildman–Crippen LogP) is 6.01. The first-order valence-corrected chi connectivity index (χ1v) is 8.93. The van der Waals surface area contributed by atoms with Gasteiger partial charge in [-0.25, -0.2) is 4.98 Å². The van der Waals surface area contributed by atoms with Gasteiger partial charge in [0.1, 0.15) is 5.52 Å². The first-order chi connectivity index (χ1) is 12.7. The largest absolute Gasteiger partial charge is 0.436 e. The summed E-state index contributed by atoms with van der Waals surface area (Å²) in [5.41, 5.74) is 3.30. The number of hydrogen-bond donors (Lipinski definition) is 0. The molecule has 0 aliphatic carbocycles. The third kappa shape index (κ3) is 3.37. The number of ketones is 1. The van der Waals surface area contributed by atoms with Crippen molar-refractivity contribution in [2.75, 3.05) is 0 Å². The SMILES string of the molecule is O=C(/C(=C/c1ccc(Br)cc1)c1nc2ccccc2o1)c1ccccc1. The number of rotatable bonds is 4. The number of carbonyl (C=O) groups is 1. The Hall–Kier alpha value is -2.98. The van der Waals surface area contributed by atoms with Gasteiger partial charge < -0.3 is 4.42 Å². The number of benzene rings is 3. The van der Waals surface area contributed by atoms with E-state index in [1.54, 1.807) is 12.1 Å². The third-order valence-corrected chi connectivity index (χ3v) is 4.51. The number of allylic oxidation sites excluding steroid dienone is 1. The molecule has 0 fully saturated rings. The molecule has 3 aromatic carbocycles. The predicted molar refractivity (Wildman–Crippen MR) is 107 cm³/mol. The van der Waals surface area contributed by atoms with Crippen molar-refractivity contribution in [3.05, 3.63) is 100 Å². The Morgan fingerprint density at radius 3 is 2.31 bits per heavy atom. The average molecular weight is 404 g/mol. The summed E-state index contributed by atoms with van der Waals surface area (Å²) in [5.74, 6) is 0.197. The Balaban J connectivity index is 1.85. The van der Waals surface area contributed by atoms with Gasteiger partial charge in [-0.3, -0.25) is 4.79 Å². The number of nitrogens with zero attached hydrogens (tertiary/aromatic N) is 1. The zero-order chi connectivity index (χ0) is 17.9. The number of carbonyl (C=O) groups excluding carboxylic acids is 1. The van der Waals surface area contributed by atoms with Crippen LogP contribution in [0.4, 0.5) is 0 Å². The molecule has 1 heterocycles. The van der Waals surface area contributed by atoms with Crippen molar-refractivity contribution in [1.82, 2.24) is 4.98 Å². The highest BCUT2D eigenvalue weighted by atomic mass is 79.9. The number of para-hydroxylation sites is 2. The van der Waals surface area contributed by atoms with Gasteiger partial charge in [0.05, 0.1) is 5.57 Å². The summed E-state index contributed by atoms with van der Waals surface area (Å²) in [5, 5.41) is 0. The highest BCUT2D eigenvalue weighted by Crippen LogP contribution is 2.26. The molecular formula is C22H14BrNO2. The maximum absolute atomic E-state index is 13.1. The zero-order valence-electron chi connectivity index (χ0n) is 13.7. The molecule has 0 radical (unpaired) electrons. The molecule has 4 aromatic rings. The zero-order valence-corrected chi connectivity index (χ0v) is 15.3. The van der Waals surface area contributed by atoms with E-state index in [0.717, 1.165) is 15.6 Å². The van der Waals surface area contributed by atoms with Gasteiger partial charge in [-0.2, -0.15) is 0 Å². The summed E-state index contributed by atoms with van der Waals surface area (Å²) in [6.45, 7) is 0. The summed E-state index contributed by atoms with van der Waals surface area (Å²) in [7, 11) is 0. The van der Waals surface area contributed by atoms with Gasteiger partial charge in [-0.05, 0) is 35.9 Å². The monoisotopic (exact) mass is 403 g/mol. The lowest BCUT2D eigenvalue weighted by molar-refractivity contribution is 0.105. The summed E-state index contributed by atoms with van der Waals surface area (Å²) in [4.78, 5) is 17.6. The van der Waals surface area contributed by atoms with Crippen molar-refractivity contribution >= 4 is 44.5 Å². The van der Waals surface area contributed by atoms with Crippen LogP contribution in [-0.4, -0.2) is 10.8 Å². The number of oxazole rings is 1. The summed E-state index contributed by atoms with van der Waals surface area (Å²) in [6, 6.07) is 24.4. The molecule has 0 spiro atoms. The number of Topliss-reactive ketones (excluding diaryl/α,β-unsaturated/α-hetero) is 1. The van der Waals surface area contributed by atoms with Gasteiger partial charge in [-0.1, -0.05) is 70.5 Å². The molecule has 1 aromatic heterocycles. The van der Waals surface area contributed by atoms with Crippen LogP contribution in [0.15, 0.2) is 87.8 Å². The fourth-order valence-electron chi connectivity index (χ4n) is 2.68. The van der Waals surface area contributed by atoms with E-state index < -0.39 is 0 Å². The maximum Gasteiger partial charge on any atom is 0.231 e. The minimum atomic E-state index is -0.125. The topological polar surface area (TPSA) is 43.1 Å².